The number of halogens is 1. The van der Waals surface area contributed by atoms with E-state index < -0.39 is 0 Å². The van der Waals surface area contributed by atoms with Crippen LogP contribution in [0.4, 0.5) is 0 Å². The number of ketones is 1. The molecule has 2 aromatic heterocycles. The topological polar surface area (TPSA) is 30.0 Å². The average Bonchev–Trinajstić information content (AvgIpc) is 2.96. The van der Waals surface area contributed by atoms with Gasteiger partial charge in [-0.25, -0.2) is 4.98 Å². The minimum absolute atomic E-state index is 0. The number of thiophene rings is 1. The van der Waals surface area contributed by atoms with Gasteiger partial charge in [0, 0.05) is 27.8 Å². The van der Waals surface area contributed by atoms with E-state index in [1.165, 1.54) is 45.4 Å². The maximum Gasteiger partial charge on any atom is 0.165 e. The van der Waals surface area contributed by atoms with E-state index >= 15 is 0 Å². The smallest absolute Gasteiger partial charge is 0.165 e. The average molecular weight is 412 g/mol. The summed E-state index contributed by atoms with van der Waals surface area (Å²) in [6.07, 6.45) is 6.28. The molecule has 0 aliphatic heterocycles. The molecule has 0 unspecified atom stereocenters. The molecule has 0 amide bonds. The van der Waals surface area contributed by atoms with Crippen molar-refractivity contribution in [3.8, 4) is 11.1 Å². The number of hydrogen-bond donors (Lipinski definition) is 0. The van der Waals surface area contributed by atoms with E-state index in [4.69, 9.17) is 4.98 Å². The molecule has 0 bridgehead atoms. The van der Waals surface area contributed by atoms with Crippen LogP contribution in [0.2, 0.25) is 0 Å². The van der Waals surface area contributed by atoms with Crippen LogP contribution in [-0.4, -0.2) is 10.8 Å². The number of carbonyl (C=O) groups excluding carboxylic acids is 1. The molecule has 2 aliphatic carbocycles. The van der Waals surface area contributed by atoms with E-state index in [1.807, 2.05) is 11.3 Å². The van der Waals surface area contributed by atoms with Crippen molar-refractivity contribution in [2.45, 2.75) is 59.3 Å². The van der Waals surface area contributed by atoms with Gasteiger partial charge >= 0.3 is 0 Å². The molecule has 146 valence electrons. The van der Waals surface area contributed by atoms with Crippen molar-refractivity contribution in [3.05, 3.63) is 51.5 Å². The van der Waals surface area contributed by atoms with E-state index in [9.17, 15) is 4.79 Å². The van der Waals surface area contributed by atoms with Crippen LogP contribution >= 0.6 is 23.7 Å². The Labute approximate surface area is 176 Å². The van der Waals surface area contributed by atoms with Gasteiger partial charge in [-0.3, -0.25) is 4.79 Å². The second kappa shape index (κ2) is 6.96. The number of hydrogen-bond acceptors (Lipinski definition) is 3. The lowest BCUT2D eigenvalue weighted by Crippen LogP contribution is -2.28. The molecule has 0 atom stereocenters. The molecule has 0 radical (unpaired) electrons. The zero-order valence-corrected chi connectivity index (χ0v) is 18.4. The minimum Gasteiger partial charge on any atom is -0.294 e. The summed E-state index contributed by atoms with van der Waals surface area (Å²) < 4.78 is 0. The zero-order chi connectivity index (χ0) is 18.8. The largest absolute Gasteiger partial charge is 0.294 e. The van der Waals surface area contributed by atoms with E-state index in [2.05, 4.69) is 45.0 Å². The van der Waals surface area contributed by atoms with Gasteiger partial charge in [-0.2, -0.15) is 0 Å². The summed E-state index contributed by atoms with van der Waals surface area (Å²) in [7, 11) is 0. The van der Waals surface area contributed by atoms with Gasteiger partial charge in [0.15, 0.2) is 5.78 Å². The summed E-state index contributed by atoms with van der Waals surface area (Å²) >= 11 is 1.86. The molecule has 3 aromatic rings. The first-order valence-corrected chi connectivity index (χ1v) is 10.8. The lowest BCUT2D eigenvalue weighted by atomic mass is 9.73. The predicted molar refractivity (Wildman–Crippen MR) is 120 cm³/mol. The van der Waals surface area contributed by atoms with Gasteiger partial charge in [-0.05, 0) is 55.6 Å². The van der Waals surface area contributed by atoms with Gasteiger partial charge in [0.2, 0.25) is 0 Å². The van der Waals surface area contributed by atoms with E-state index in [1.54, 1.807) is 0 Å². The van der Waals surface area contributed by atoms with Gasteiger partial charge in [0.1, 0.15) is 4.83 Å². The molecule has 0 fully saturated rings. The highest BCUT2D eigenvalue weighted by Crippen LogP contribution is 2.46. The van der Waals surface area contributed by atoms with Crippen molar-refractivity contribution < 1.29 is 4.79 Å². The fourth-order valence-corrected chi connectivity index (χ4v) is 6.18. The number of benzene rings is 1. The quantitative estimate of drug-likeness (QED) is 0.444. The van der Waals surface area contributed by atoms with Crippen LogP contribution in [0.3, 0.4) is 0 Å². The van der Waals surface area contributed by atoms with Crippen molar-refractivity contribution in [3.63, 3.8) is 0 Å². The summed E-state index contributed by atoms with van der Waals surface area (Å²) in [6, 6.07) is 8.64. The van der Waals surface area contributed by atoms with Crippen LogP contribution in [0.15, 0.2) is 24.3 Å². The molecule has 0 saturated carbocycles. The van der Waals surface area contributed by atoms with Crippen LogP contribution < -0.4 is 0 Å². The summed E-state index contributed by atoms with van der Waals surface area (Å²) in [5, 5.41) is 1.27. The SMILES string of the molecule is Cc1cccc(-c2c3c(nc4sc5c(c24)CCCC5)CC(C)(C)CC3=O)c1.Cl. The maximum atomic E-state index is 13.3. The van der Waals surface area contributed by atoms with Gasteiger partial charge in [-0.1, -0.05) is 43.7 Å². The number of aryl methyl sites for hydroxylation is 3. The first kappa shape index (κ1) is 19.6. The molecule has 28 heavy (non-hydrogen) atoms. The molecule has 2 nitrogen and oxygen atoms in total. The molecule has 2 heterocycles. The van der Waals surface area contributed by atoms with Crippen molar-refractivity contribution in [1.29, 1.82) is 0 Å². The lowest BCUT2D eigenvalue weighted by Gasteiger charge is -2.31. The molecule has 0 saturated heterocycles. The molecule has 5 rings (SSSR count). The molecular formula is C24H26ClNOS. The third kappa shape index (κ3) is 3.09. The van der Waals surface area contributed by atoms with Crippen molar-refractivity contribution >= 4 is 39.7 Å². The number of carbonyl (C=O) groups is 1. The van der Waals surface area contributed by atoms with Crippen LogP contribution in [-0.2, 0) is 19.3 Å². The summed E-state index contributed by atoms with van der Waals surface area (Å²) in [5.74, 6) is 0.267. The van der Waals surface area contributed by atoms with Crippen molar-refractivity contribution in [2.75, 3.05) is 0 Å². The lowest BCUT2D eigenvalue weighted by molar-refractivity contribution is 0.0911. The predicted octanol–water partition coefficient (Wildman–Crippen LogP) is 6.73. The summed E-state index contributed by atoms with van der Waals surface area (Å²) in [6.45, 7) is 6.50. The van der Waals surface area contributed by atoms with Crippen LogP contribution in [0.5, 0.6) is 0 Å². The number of aromatic nitrogens is 1. The third-order valence-corrected chi connectivity index (χ3v) is 7.23. The molecular weight excluding hydrogens is 386 g/mol. The van der Waals surface area contributed by atoms with Gasteiger partial charge in [0.25, 0.3) is 0 Å². The number of Topliss-reactive ketones (excluding diaryl/α,β-unsaturated/α-hetero) is 1. The molecule has 1 aromatic carbocycles. The number of pyridine rings is 1. The number of fused-ring (bicyclic) bond motifs is 4. The highest BCUT2D eigenvalue weighted by atomic mass is 35.5. The summed E-state index contributed by atoms with van der Waals surface area (Å²) in [4.78, 5) is 21.0. The highest BCUT2D eigenvalue weighted by Gasteiger charge is 2.36. The van der Waals surface area contributed by atoms with Gasteiger partial charge in [0.05, 0.1) is 5.69 Å². The van der Waals surface area contributed by atoms with E-state index in [0.29, 0.717) is 6.42 Å². The standard InChI is InChI=1S/C24H25NOS.ClH/c1-14-7-6-8-15(11-14)20-21-16-9-4-5-10-19(16)27-23(21)25-17-12-24(2,3)13-18(26)22(17)20;/h6-8,11H,4-5,9-10,12-13H2,1-3H3;1H. The Hall–Kier alpha value is -1.71. The Morgan fingerprint density at radius 2 is 1.86 bits per heavy atom. The van der Waals surface area contributed by atoms with Crippen LogP contribution in [0, 0.1) is 12.3 Å². The Balaban J connectivity index is 0.00000192. The molecule has 0 N–H and O–H groups in total. The van der Waals surface area contributed by atoms with Crippen molar-refractivity contribution in [1.82, 2.24) is 4.98 Å². The van der Waals surface area contributed by atoms with Crippen LogP contribution in [0.25, 0.3) is 21.3 Å². The second-order valence-electron chi connectivity index (χ2n) is 9.01. The molecule has 2 aliphatic rings. The maximum absolute atomic E-state index is 13.3. The Morgan fingerprint density at radius 1 is 1.07 bits per heavy atom. The summed E-state index contributed by atoms with van der Waals surface area (Å²) in [5.41, 5.74) is 6.95. The van der Waals surface area contributed by atoms with Gasteiger partial charge < -0.3 is 0 Å². The van der Waals surface area contributed by atoms with E-state index in [-0.39, 0.29) is 23.6 Å². The monoisotopic (exact) mass is 411 g/mol. The molecule has 4 heteroatoms. The highest BCUT2D eigenvalue weighted by molar-refractivity contribution is 7.19. The number of rotatable bonds is 1. The Kier molecular flexibility index (Phi) is 4.87. The third-order valence-electron chi connectivity index (χ3n) is 6.05. The first-order chi connectivity index (χ1) is 12.9. The van der Waals surface area contributed by atoms with Gasteiger partial charge in [-0.15, -0.1) is 23.7 Å². The fourth-order valence-electron chi connectivity index (χ4n) is 4.89. The second-order valence-corrected chi connectivity index (χ2v) is 10.1. The van der Waals surface area contributed by atoms with Crippen LogP contribution in [0.1, 0.15) is 65.2 Å². The zero-order valence-electron chi connectivity index (χ0n) is 16.7. The number of nitrogens with zero attached hydrogens (tertiary/aromatic N) is 1. The van der Waals surface area contributed by atoms with E-state index in [0.717, 1.165) is 35.4 Å². The Bertz CT molecular complexity index is 1100. The Morgan fingerprint density at radius 3 is 2.64 bits per heavy atom. The van der Waals surface area contributed by atoms with Crippen molar-refractivity contribution in [2.24, 2.45) is 5.41 Å². The fraction of sp³-hybridized carbons (Fsp3) is 0.417. The first-order valence-electron chi connectivity index (χ1n) is 10.0. The molecule has 0 spiro atoms. The minimum atomic E-state index is -0.00842. The normalized spacial score (nSPS) is 17.8.